The van der Waals surface area contributed by atoms with Gasteiger partial charge in [0.25, 0.3) is 0 Å². The number of halogens is 1. The van der Waals surface area contributed by atoms with Crippen LogP contribution < -0.4 is 0 Å². The van der Waals surface area contributed by atoms with Crippen LogP contribution >= 0.6 is 15.9 Å². The van der Waals surface area contributed by atoms with E-state index in [9.17, 15) is 4.79 Å². The Kier molecular flexibility index (Phi) is 3.89. The predicted octanol–water partition coefficient (Wildman–Crippen LogP) is 2.81. The fraction of sp³-hybridized carbons (Fsp3) is 0.462. The molecule has 5 nitrogen and oxygen atoms in total. The highest BCUT2D eigenvalue weighted by molar-refractivity contribution is 9.10. The summed E-state index contributed by atoms with van der Waals surface area (Å²) in [5, 5.41) is 8.59. The normalized spacial score (nSPS) is 11.0. The van der Waals surface area contributed by atoms with Gasteiger partial charge in [-0.05, 0) is 49.7 Å². The molecule has 0 aliphatic rings. The fourth-order valence-corrected chi connectivity index (χ4v) is 2.37. The number of rotatable bonds is 3. The van der Waals surface area contributed by atoms with Crippen LogP contribution in [0.5, 0.6) is 0 Å². The van der Waals surface area contributed by atoms with Crippen molar-refractivity contribution < 1.29 is 4.79 Å². The third-order valence-electron chi connectivity index (χ3n) is 3.08. The lowest BCUT2D eigenvalue weighted by atomic mass is 10.3. The molecule has 2 aromatic heterocycles. The number of carbonyl (C=O) groups excluding carboxylic acids is 1. The number of carbonyl (C=O) groups is 1. The molecule has 0 unspecified atom stereocenters. The molecule has 2 heterocycles. The molecule has 0 saturated heterocycles. The second-order valence-electron chi connectivity index (χ2n) is 4.69. The van der Waals surface area contributed by atoms with Crippen LogP contribution in [-0.2, 0) is 6.54 Å². The maximum Gasteiger partial charge on any atom is 0.248 e. The highest BCUT2D eigenvalue weighted by Gasteiger charge is 2.13. The highest BCUT2D eigenvalue weighted by atomic mass is 79.9. The third kappa shape index (κ3) is 2.78. The van der Waals surface area contributed by atoms with Crippen LogP contribution in [0.25, 0.3) is 0 Å². The van der Waals surface area contributed by atoms with Crippen LogP contribution in [0.2, 0.25) is 0 Å². The molecule has 0 aliphatic carbocycles. The maximum absolute atomic E-state index is 12.1. The standard InChI is InChI=1S/C13H17BrN4O/c1-8-7-9(2)18(15-8)12(19)5-6-17-11(4)13(14)10(3)16-17/h7H,5-6H2,1-4H3. The minimum Gasteiger partial charge on any atom is -0.272 e. The van der Waals surface area contributed by atoms with Crippen molar-refractivity contribution in [3.8, 4) is 0 Å². The number of aromatic nitrogens is 4. The average Bonchev–Trinajstić information content (AvgIpc) is 2.81. The van der Waals surface area contributed by atoms with Gasteiger partial charge in [-0.15, -0.1) is 0 Å². The van der Waals surface area contributed by atoms with Gasteiger partial charge in [-0.1, -0.05) is 0 Å². The van der Waals surface area contributed by atoms with Gasteiger partial charge in [0.05, 0.1) is 22.4 Å². The Balaban J connectivity index is 2.08. The third-order valence-corrected chi connectivity index (χ3v) is 4.22. The van der Waals surface area contributed by atoms with E-state index >= 15 is 0 Å². The first-order valence-electron chi connectivity index (χ1n) is 6.16. The Labute approximate surface area is 120 Å². The lowest BCUT2D eigenvalue weighted by Crippen LogP contribution is -2.17. The molecule has 0 bridgehead atoms. The molecule has 0 fully saturated rings. The summed E-state index contributed by atoms with van der Waals surface area (Å²) in [5.41, 5.74) is 3.71. The monoisotopic (exact) mass is 324 g/mol. The molecular weight excluding hydrogens is 308 g/mol. The molecule has 0 amide bonds. The van der Waals surface area contributed by atoms with E-state index < -0.39 is 0 Å². The van der Waals surface area contributed by atoms with Crippen LogP contribution in [0.4, 0.5) is 0 Å². The van der Waals surface area contributed by atoms with Crippen LogP contribution in [0.3, 0.4) is 0 Å². The van der Waals surface area contributed by atoms with Gasteiger partial charge in [0.15, 0.2) is 0 Å². The van der Waals surface area contributed by atoms with E-state index in [1.54, 1.807) is 0 Å². The van der Waals surface area contributed by atoms with Crippen molar-refractivity contribution in [3.05, 3.63) is 33.3 Å². The van der Waals surface area contributed by atoms with Crippen molar-refractivity contribution in [2.45, 2.75) is 40.7 Å². The van der Waals surface area contributed by atoms with E-state index in [1.165, 1.54) is 4.68 Å². The van der Waals surface area contributed by atoms with Crippen LogP contribution in [-0.4, -0.2) is 25.5 Å². The molecule has 0 saturated carbocycles. The molecule has 0 radical (unpaired) electrons. The van der Waals surface area contributed by atoms with Gasteiger partial charge in [0, 0.05) is 17.8 Å². The van der Waals surface area contributed by atoms with Crippen molar-refractivity contribution >= 4 is 21.8 Å². The van der Waals surface area contributed by atoms with Crippen LogP contribution in [0, 0.1) is 27.7 Å². The summed E-state index contributed by atoms with van der Waals surface area (Å²) in [6.45, 7) is 8.26. The van der Waals surface area contributed by atoms with Gasteiger partial charge < -0.3 is 0 Å². The number of hydrogen-bond donors (Lipinski definition) is 0. The van der Waals surface area contributed by atoms with Gasteiger partial charge in [0.2, 0.25) is 5.91 Å². The number of nitrogens with zero attached hydrogens (tertiary/aromatic N) is 4. The smallest absolute Gasteiger partial charge is 0.248 e. The van der Waals surface area contributed by atoms with E-state index in [2.05, 4.69) is 26.1 Å². The van der Waals surface area contributed by atoms with Crippen molar-refractivity contribution in [3.63, 3.8) is 0 Å². The van der Waals surface area contributed by atoms with E-state index in [1.807, 2.05) is 38.4 Å². The van der Waals surface area contributed by atoms with Crippen molar-refractivity contribution in [2.75, 3.05) is 0 Å². The van der Waals surface area contributed by atoms with Gasteiger partial charge in [-0.3, -0.25) is 9.48 Å². The summed E-state index contributed by atoms with van der Waals surface area (Å²) in [5.74, 6) is -0.00530. The topological polar surface area (TPSA) is 52.7 Å². The van der Waals surface area contributed by atoms with E-state index in [4.69, 9.17) is 0 Å². The minimum absolute atomic E-state index is 0.00530. The van der Waals surface area contributed by atoms with E-state index in [0.29, 0.717) is 13.0 Å². The Morgan fingerprint density at radius 3 is 2.42 bits per heavy atom. The molecule has 0 atom stereocenters. The Morgan fingerprint density at radius 2 is 1.95 bits per heavy atom. The first-order valence-corrected chi connectivity index (χ1v) is 6.95. The summed E-state index contributed by atoms with van der Waals surface area (Å²) in [4.78, 5) is 12.1. The molecule has 0 spiro atoms. The van der Waals surface area contributed by atoms with Crippen molar-refractivity contribution in [1.29, 1.82) is 0 Å². The van der Waals surface area contributed by atoms with Crippen LogP contribution in [0.1, 0.15) is 34.0 Å². The average molecular weight is 325 g/mol. The Morgan fingerprint density at radius 1 is 1.26 bits per heavy atom. The Bertz CT molecular complexity index is 627. The summed E-state index contributed by atoms with van der Waals surface area (Å²) in [6.07, 6.45) is 0.385. The predicted molar refractivity (Wildman–Crippen MR) is 76.3 cm³/mol. The molecule has 19 heavy (non-hydrogen) atoms. The van der Waals surface area contributed by atoms with Gasteiger partial charge in [-0.25, -0.2) is 4.68 Å². The summed E-state index contributed by atoms with van der Waals surface area (Å²) >= 11 is 3.48. The number of aryl methyl sites for hydroxylation is 4. The molecule has 6 heteroatoms. The number of hydrogen-bond acceptors (Lipinski definition) is 3. The SMILES string of the molecule is Cc1cc(C)n(C(=O)CCn2nc(C)c(Br)c2C)n1. The lowest BCUT2D eigenvalue weighted by Gasteiger charge is -2.05. The first kappa shape index (κ1) is 14.0. The molecular formula is C13H17BrN4O. The van der Waals surface area contributed by atoms with Crippen LogP contribution in [0.15, 0.2) is 10.5 Å². The largest absolute Gasteiger partial charge is 0.272 e. The quantitative estimate of drug-likeness (QED) is 0.872. The zero-order valence-corrected chi connectivity index (χ0v) is 13.2. The first-order chi connectivity index (χ1) is 8.90. The molecule has 0 aliphatic heterocycles. The van der Waals surface area contributed by atoms with Crippen molar-refractivity contribution in [1.82, 2.24) is 19.6 Å². The second-order valence-corrected chi connectivity index (χ2v) is 5.48. The second kappa shape index (κ2) is 5.28. The molecule has 0 N–H and O–H groups in total. The maximum atomic E-state index is 12.1. The van der Waals surface area contributed by atoms with Gasteiger partial charge in [-0.2, -0.15) is 10.2 Å². The zero-order chi connectivity index (χ0) is 14.2. The molecule has 2 aromatic rings. The molecule has 0 aromatic carbocycles. The Hall–Kier alpha value is -1.43. The summed E-state index contributed by atoms with van der Waals surface area (Å²) in [7, 11) is 0. The fourth-order valence-electron chi connectivity index (χ4n) is 2.08. The van der Waals surface area contributed by atoms with E-state index in [0.717, 1.165) is 27.2 Å². The summed E-state index contributed by atoms with van der Waals surface area (Å²) < 4.78 is 4.32. The zero-order valence-electron chi connectivity index (χ0n) is 11.6. The van der Waals surface area contributed by atoms with Gasteiger partial charge in [0.1, 0.15) is 0 Å². The minimum atomic E-state index is -0.00530. The van der Waals surface area contributed by atoms with Crippen molar-refractivity contribution in [2.24, 2.45) is 0 Å². The summed E-state index contributed by atoms with van der Waals surface area (Å²) in [6, 6.07) is 1.90. The lowest BCUT2D eigenvalue weighted by molar-refractivity contribution is 0.0876. The molecule has 102 valence electrons. The molecule has 2 rings (SSSR count). The van der Waals surface area contributed by atoms with E-state index in [-0.39, 0.29) is 5.91 Å². The van der Waals surface area contributed by atoms with Gasteiger partial charge >= 0.3 is 0 Å². The highest BCUT2D eigenvalue weighted by Crippen LogP contribution is 2.19.